The van der Waals surface area contributed by atoms with Crippen molar-refractivity contribution in [3.63, 3.8) is 0 Å². The predicted molar refractivity (Wildman–Crippen MR) is 160 cm³/mol. The molecule has 0 saturated heterocycles. The van der Waals surface area contributed by atoms with Gasteiger partial charge in [-0.3, -0.25) is 9.59 Å². The van der Waals surface area contributed by atoms with Gasteiger partial charge in [0.2, 0.25) is 11.8 Å². The second-order valence-corrected chi connectivity index (χ2v) is 12.5. The molecule has 3 aromatic rings. The Morgan fingerprint density at radius 2 is 1.53 bits per heavy atom. The maximum Gasteiger partial charge on any atom is 0.243 e. The van der Waals surface area contributed by atoms with Gasteiger partial charge in [0.05, 0.1) is 0 Å². The van der Waals surface area contributed by atoms with Crippen LogP contribution in [0.4, 0.5) is 0 Å². The Labute approximate surface area is 245 Å². The average molecular weight is 592 g/mol. The molecule has 3 rings (SSSR count). The number of benzene rings is 3. The van der Waals surface area contributed by atoms with Gasteiger partial charge < -0.3 is 10.2 Å². The molecular weight excluding hydrogens is 559 g/mol. The van der Waals surface area contributed by atoms with Crippen molar-refractivity contribution >= 4 is 58.4 Å². The van der Waals surface area contributed by atoms with Crippen molar-refractivity contribution < 1.29 is 9.59 Å². The third-order valence-electron chi connectivity index (χ3n) is 5.78. The number of carbonyl (C=O) groups excluding carboxylic acids is 2. The Morgan fingerprint density at radius 1 is 0.895 bits per heavy atom. The van der Waals surface area contributed by atoms with Gasteiger partial charge in [0.25, 0.3) is 0 Å². The Kier molecular flexibility index (Phi) is 11.4. The van der Waals surface area contributed by atoms with Crippen LogP contribution < -0.4 is 5.32 Å². The van der Waals surface area contributed by atoms with Gasteiger partial charge in [-0.2, -0.15) is 0 Å². The second kappa shape index (κ2) is 14.3. The van der Waals surface area contributed by atoms with Crippen molar-refractivity contribution in [2.45, 2.75) is 63.1 Å². The molecular formula is C30H33Cl3N2O2S. The van der Waals surface area contributed by atoms with Crippen LogP contribution in [0, 0.1) is 0 Å². The highest BCUT2D eigenvalue weighted by Gasteiger charge is 2.32. The van der Waals surface area contributed by atoms with Crippen LogP contribution in [0.1, 0.15) is 44.7 Å². The molecule has 0 heterocycles. The first-order valence-corrected chi connectivity index (χ1v) is 14.6. The van der Waals surface area contributed by atoms with Gasteiger partial charge in [0.1, 0.15) is 6.04 Å². The third-order valence-corrected chi connectivity index (χ3v) is 7.84. The first-order chi connectivity index (χ1) is 18.0. The minimum atomic E-state index is -0.736. The average Bonchev–Trinajstić information content (AvgIpc) is 2.86. The van der Waals surface area contributed by atoms with Crippen LogP contribution in [0.5, 0.6) is 0 Å². The molecule has 0 unspecified atom stereocenters. The molecule has 38 heavy (non-hydrogen) atoms. The lowest BCUT2D eigenvalue weighted by Gasteiger charge is -2.34. The van der Waals surface area contributed by atoms with Crippen LogP contribution in [0.3, 0.4) is 0 Å². The monoisotopic (exact) mass is 590 g/mol. The summed E-state index contributed by atoms with van der Waals surface area (Å²) in [7, 11) is 0. The van der Waals surface area contributed by atoms with Crippen molar-refractivity contribution in [1.29, 1.82) is 0 Å². The van der Waals surface area contributed by atoms with E-state index in [1.165, 1.54) is 0 Å². The van der Waals surface area contributed by atoms with E-state index in [1.807, 2.05) is 75.4 Å². The highest BCUT2D eigenvalue weighted by atomic mass is 35.5. The zero-order valence-corrected chi connectivity index (χ0v) is 24.9. The number of amides is 2. The van der Waals surface area contributed by atoms with Gasteiger partial charge in [0.15, 0.2) is 0 Å². The summed E-state index contributed by atoms with van der Waals surface area (Å²) in [5.41, 5.74) is 1.13. The fourth-order valence-corrected chi connectivity index (χ4v) is 5.44. The van der Waals surface area contributed by atoms with E-state index in [0.717, 1.165) is 16.2 Å². The van der Waals surface area contributed by atoms with Crippen LogP contribution in [0.15, 0.2) is 77.7 Å². The molecule has 0 radical (unpaired) electrons. The zero-order chi connectivity index (χ0) is 27.7. The number of halogens is 3. The summed E-state index contributed by atoms with van der Waals surface area (Å²) in [5, 5.41) is 4.68. The SMILES string of the molecule is CC(C)(C)NC(=O)[C@@H](Cc1ccccc1)N(Cc1c(Cl)cccc1Cl)C(=O)CCCSc1ccc(Cl)cc1. The topological polar surface area (TPSA) is 49.4 Å². The maximum atomic E-state index is 13.8. The number of nitrogens with zero attached hydrogens (tertiary/aromatic N) is 1. The Morgan fingerprint density at radius 3 is 2.13 bits per heavy atom. The van der Waals surface area contributed by atoms with Gasteiger partial charge in [-0.25, -0.2) is 0 Å². The quantitative estimate of drug-likeness (QED) is 0.181. The van der Waals surface area contributed by atoms with Crippen molar-refractivity contribution in [2.24, 2.45) is 0 Å². The number of hydrogen-bond acceptors (Lipinski definition) is 3. The molecule has 2 amide bonds. The van der Waals surface area contributed by atoms with E-state index in [9.17, 15) is 9.59 Å². The molecule has 202 valence electrons. The second-order valence-electron chi connectivity index (χ2n) is 10.1. The molecule has 0 aliphatic heterocycles. The first kappa shape index (κ1) is 30.4. The van der Waals surface area contributed by atoms with Gasteiger partial charge in [-0.1, -0.05) is 71.2 Å². The number of hydrogen-bond donors (Lipinski definition) is 1. The van der Waals surface area contributed by atoms with E-state index in [2.05, 4.69) is 5.32 Å². The number of carbonyl (C=O) groups is 2. The van der Waals surface area contributed by atoms with Crippen LogP contribution in [-0.2, 0) is 22.6 Å². The minimum Gasteiger partial charge on any atom is -0.350 e. The summed E-state index contributed by atoms with van der Waals surface area (Å²) in [6.07, 6.45) is 1.31. The summed E-state index contributed by atoms with van der Waals surface area (Å²) in [6.45, 7) is 5.91. The van der Waals surface area contributed by atoms with Gasteiger partial charge >= 0.3 is 0 Å². The van der Waals surface area contributed by atoms with Crippen LogP contribution in [0.2, 0.25) is 15.1 Å². The Balaban J connectivity index is 1.85. The molecule has 3 aromatic carbocycles. The molecule has 0 spiro atoms. The van der Waals surface area contributed by atoms with E-state index in [4.69, 9.17) is 34.8 Å². The molecule has 0 bridgehead atoms. The molecule has 0 fully saturated rings. The van der Waals surface area contributed by atoms with E-state index < -0.39 is 11.6 Å². The molecule has 1 N–H and O–H groups in total. The van der Waals surface area contributed by atoms with E-state index in [-0.39, 0.29) is 24.8 Å². The smallest absolute Gasteiger partial charge is 0.243 e. The molecule has 0 aliphatic rings. The van der Waals surface area contributed by atoms with Gasteiger partial charge in [0, 0.05) is 50.5 Å². The molecule has 4 nitrogen and oxygen atoms in total. The van der Waals surface area contributed by atoms with Crippen molar-refractivity contribution in [3.05, 3.63) is 99.0 Å². The highest BCUT2D eigenvalue weighted by molar-refractivity contribution is 7.99. The normalized spacial score (nSPS) is 12.2. The van der Waals surface area contributed by atoms with Crippen LogP contribution in [-0.4, -0.2) is 34.0 Å². The number of thioether (sulfide) groups is 1. The molecule has 0 aromatic heterocycles. The Hall–Kier alpha value is -2.18. The largest absolute Gasteiger partial charge is 0.350 e. The lowest BCUT2D eigenvalue weighted by molar-refractivity contribution is -0.142. The van der Waals surface area contributed by atoms with Crippen LogP contribution in [0.25, 0.3) is 0 Å². The minimum absolute atomic E-state index is 0.123. The molecule has 8 heteroatoms. The molecule has 0 aliphatic carbocycles. The van der Waals surface area contributed by atoms with Crippen molar-refractivity contribution in [3.8, 4) is 0 Å². The van der Waals surface area contributed by atoms with E-state index in [1.54, 1.807) is 34.9 Å². The number of rotatable bonds is 11. The van der Waals surface area contributed by atoms with E-state index >= 15 is 0 Å². The lowest BCUT2D eigenvalue weighted by Crippen LogP contribution is -2.54. The molecule has 1 atom stereocenters. The van der Waals surface area contributed by atoms with Crippen molar-refractivity contribution in [2.75, 3.05) is 5.75 Å². The lowest BCUT2D eigenvalue weighted by atomic mass is 10.00. The number of nitrogens with one attached hydrogen (secondary N) is 1. The summed E-state index contributed by atoms with van der Waals surface area (Å²) >= 11 is 20.6. The van der Waals surface area contributed by atoms with E-state index in [0.29, 0.717) is 33.5 Å². The summed E-state index contributed by atoms with van der Waals surface area (Å²) in [4.78, 5) is 30.1. The summed E-state index contributed by atoms with van der Waals surface area (Å²) < 4.78 is 0. The van der Waals surface area contributed by atoms with Crippen molar-refractivity contribution in [1.82, 2.24) is 10.2 Å². The molecule has 0 saturated carbocycles. The van der Waals surface area contributed by atoms with Crippen LogP contribution >= 0.6 is 46.6 Å². The predicted octanol–water partition coefficient (Wildman–Crippen LogP) is 8.07. The van der Waals surface area contributed by atoms with Gasteiger partial charge in [-0.15, -0.1) is 11.8 Å². The van der Waals surface area contributed by atoms with Gasteiger partial charge in [-0.05, 0) is 74.9 Å². The Bertz CT molecular complexity index is 1190. The maximum absolute atomic E-state index is 13.8. The standard InChI is InChI=1S/C30H33Cl3N2O2S/c1-30(2,3)34-29(37)27(19-21-9-5-4-6-10-21)35(20-24-25(32)11-7-12-26(24)33)28(36)13-8-18-38-23-16-14-22(31)15-17-23/h4-7,9-12,14-17,27H,8,13,18-20H2,1-3H3,(H,34,37)/t27-/m1/s1. The third kappa shape index (κ3) is 9.53. The fraction of sp³-hybridized carbons (Fsp3) is 0.333. The first-order valence-electron chi connectivity index (χ1n) is 12.5. The zero-order valence-electron chi connectivity index (χ0n) is 21.8. The summed E-state index contributed by atoms with van der Waals surface area (Å²) in [5.74, 6) is 0.419. The summed E-state index contributed by atoms with van der Waals surface area (Å²) in [6, 6.07) is 21.9. The highest BCUT2D eigenvalue weighted by Crippen LogP contribution is 2.28. The fourth-order valence-electron chi connectivity index (χ4n) is 3.95.